The van der Waals surface area contributed by atoms with Crippen LogP contribution in [0.5, 0.6) is 0 Å². The summed E-state index contributed by atoms with van der Waals surface area (Å²) in [6.45, 7) is 0. The quantitative estimate of drug-likeness (QED) is 0.879. The van der Waals surface area contributed by atoms with E-state index in [2.05, 4.69) is 10.3 Å². The SMILES string of the molecule is O=C(NC1(C(=O)O)CCSC1)c1ccncc1Cl. The van der Waals surface area contributed by atoms with Gasteiger partial charge in [-0.25, -0.2) is 4.79 Å². The van der Waals surface area contributed by atoms with Crippen LogP contribution in [0.4, 0.5) is 0 Å². The van der Waals surface area contributed by atoms with E-state index in [1.54, 1.807) is 0 Å². The van der Waals surface area contributed by atoms with Gasteiger partial charge < -0.3 is 10.4 Å². The maximum Gasteiger partial charge on any atom is 0.330 e. The highest BCUT2D eigenvalue weighted by molar-refractivity contribution is 7.99. The molecule has 1 saturated heterocycles. The summed E-state index contributed by atoms with van der Waals surface area (Å²) in [5.74, 6) is -0.397. The lowest BCUT2D eigenvalue weighted by atomic mass is 9.98. The Morgan fingerprint density at radius 3 is 2.89 bits per heavy atom. The highest BCUT2D eigenvalue weighted by Crippen LogP contribution is 2.29. The molecular formula is C11H11ClN2O3S. The first-order valence-electron chi connectivity index (χ1n) is 5.28. The average molecular weight is 287 g/mol. The van der Waals surface area contributed by atoms with E-state index in [4.69, 9.17) is 11.6 Å². The maximum absolute atomic E-state index is 12.0. The molecule has 1 aromatic rings. The number of hydrogen-bond acceptors (Lipinski definition) is 4. The Balaban J connectivity index is 2.21. The number of hydrogen-bond donors (Lipinski definition) is 2. The fourth-order valence-corrected chi connectivity index (χ4v) is 3.26. The fraction of sp³-hybridized carbons (Fsp3) is 0.364. The second kappa shape index (κ2) is 5.16. The van der Waals surface area contributed by atoms with E-state index < -0.39 is 17.4 Å². The van der Waals surface area contributed by atoms with Crippen LogP contribution in [0.1, 0.15) is 16.8 Å². The summed E-state index contributed by atoms with van der Waals surface area (Å²) in [5, 5.41) is 12.0. The second-order valence-electron chi connectivity index (χ2n) is 4.00. The highest BCUT2D eigenvalue weighted by atomic mass is 35.5. The van der Waals surface area contributed by atoms with Crippen LogP contribution in [0, 0.1) is 0 Å². The molecule has 1 atom stereocenters. The molecule has 0 bridgehead atoms. The summed E-state index contributed by atoms with van der Waals surface area (Å²) in [4.78, 5) is 27.1. The lowest BCUT2D eigenvalue weighted by molar-refractivity contribution is -0.143. The Kier molecular flexibility index (Phi) is 3.77. The number of carboxylic acid groups (broad SMARTS) is 1. The van der Waals surface area contributed by atoms with Crippen LogP contribution >= 0.6 is 23.4 Å². The number of rotatable bonds is 3. The van der Waals surface area contributed by atoms with Gasteiger partial charge in [0.15, 0.2) is 0 Å². The predicted octanol–water partition coefficient (Wildman–Crippen LogP) is 1.43. The number of carbonyl (C=O) groups excluding carboxylic acids is 1. The number of amides is 1. The standard InChI is InChI=1S/C11H11ClN2O3S/c12-8-5-13-3-1-7(8)9(15)14-11(10(16)17)2-4-18-6-11/h1,3,5H,2,4,6H2,(H,14,15)(H,16,17). The lowest BCUT2D eigenvalue weighted by Crippen LogP contribution is -2.54. The van der Waals surface area contributed by atoms with Crippen molar-refractivity contribution in [1.29, 1.82) is 0 Å². The minimum Gasteiger partial charge on any atom is -0.479 e. The van der Waals surface area contributed by atoms with E-state index in [0.717, 1.165) is 5.75 Å². The van der Waals surface area contributed by atoms with E-state index in [1.165, 1.54) is 30.2 Å². The average Bonchev–Trinajstić information content (AvgIpc) is 2.79. The van der Waals surface area contributed by atoms with Crippen LogP contribution in [-0.2, 0) is 4.79 Å². The van der Waals surface area contributed by atoms with Crippen molar-refractivity contribution in [2.24, 2.45) is 0 Å². The molecule has 0 aromatic carbocycles. The summed E-state index contributed by atoms with van der Waals surface area (Å²) in [7, 11) is 0. The minimum atomic E-state index is -1.19. The molecule has 7 heteroatoms. The van der Waals surface area contributed by atoms with Crippen molar-refractivity contribution in [2.75, 3.05) is 11.5 Å². The molecule has 2 heterocycles. The zero-order chi connectivity index (χ0) is 13.2. The molecule has 1 aliphatic heterocycles. The van der Waals surface area contributed by atoms with Gasteiger partial charge in [0.25, 0.3) is 5.91 Å². The molecule has 0 aliphatic carbocycles. The minimum absolute atomic E-state index is 0.209. The first-order chi connectivity index (χ1) is 8.55. The predicted molar refractivity (Wildman–Crippen MR) is 69.0 cm³/mol. The van der Waals surface area contributed by atoms with Gasteiger partial charge in [-0.2, -0.15) is 11.8 Å². The van der Waals surface area contributed by atoms with E-state index in [-0.39, 0.29) is 10.6 Å². The first-order valence-corrected chi connectivity index (χ1v) is 6.82. The summed E-state index contributed by atoms with van der Waals surface area (Å²) < 4.78 is 0. The topological polar surface area (TPSA) is 79.3 Å². The third-order valence-corrected chi connectivity index (χ3v) is 4.29. The molecule has 0 saturated carbocycles. The monoisotopic (exact) mass is 286 g/mol. The van der Waals surface area contributed by atoms with Gasteiger partial charge >= 0.3 is 5.97 Å². The molecule has 2 rings (SSSR count). The molecule has 1 aromatic heterocycles. The molecule has 96 valence electrons. The smallest absolute Gasteiger partial charge is 0.330 e. The van der Waals surface area contributed by atoms with Gasteiger partial charge in [0.05, 0.1) is 10.6 Å². The second-order valence-corrected chi connectivity index (χ2v) is 5.51. The summed E-state index contributed by atoms with van der Waals surface area (Å²) >= 11 is 7.36. The van der Waals surface area contributed by atoms with Crippen LogP contribution < -0.4 is 5.32 Å². The number of carbonyl (C=O) groups is 2. The number of nitrogens with one attached hydrogen (secondary N) is 1. The number of aromatic nitrogens is 1. The van der Waals surface area contributed by atoms with E-state index in [1.807, 2.05) is 0 Å². The van der Waals surface area contributed by atoms with Crippen molar-refractivity contribution < 1.29 is 14.7 Å². The molecule has 1 amide bonds. The zero-order valence-electron chi connectivity index (χ0n) is 9.35. The third-order valence-electron chi connectivity index (χ3n) is 2.80. The maximum atomic E-state index is 12.0. The summed E-state index contributed by atoms with van der Waals surface area (Å²) in [5.41, 5.74) is -0.946. The van der Waals surface area contributed by atoms with Gasteiger partial charge in [0, 0.05) is 18.1 Å². The first kappa shape index (κ1) is 13.2. The molecule has 1 unspecified atom stereocenters. The van der Waals surface area contributed by atoms with Gasteiger partial charge in [-0.3, -0.25) is 9.78 Å². The molecule has 18 heavy (non-hydrogen) atoms. The lowest BCUT2D eigenvalue weighted by Gasteiger charge is -2.24. The van der Waals surface area contributed by atoms with E-state index >= 15 is 0 Å². The number of halogens is 1. The van der Waals surface area contributed by atoms with Gasteiger partial charge in [-0.05, 0) is 18.2 Å². The van der Waals surface area contributed by atoms with Gasteiger partial charge in [-0.1, -0.05) is 11.6 Å². The number of aliphatic carboxylic acids is 1. The van der Waals surface area contributed by atoms with Crippen LogP contribution in [0.15, 0.2) is 18.5 Å². The van der Waals surface area contributed by atoms with Crippen LogP contribution in [0.25, 0.3) is 0 Å². The fourth-order valence-electron chi connectivity index (χ4n) is 1.73. The van der Waals surface area contributed by atoms with Crippen molar-refractivity contribution in [3.8, 4) is 0 Å². The summed E-state index contributed by atoms with van der Waals surface area (Å²) in [6, 6.07) is 1.47. The molecule has 0 radical (unpaired) electrons. The highest BCUT2D eigenvalue weighted by Gasteiger charge is 2.43. The summed E-state index contributed by atoms with van der Waals surface area (Å²) in [6.07, 6.45) is 3.21. The Morgan fingerprint density at radius 2 is 2.33 bits per heavy atom. The van der Waals surface area contributed by atoms with Crippen molar-refractivity contribution in [1.82, 2.24) is 10.3 Å². The van der Waals surface area contributed by atoms with Crippen molar-refractivity contribution in [2.45, 2.75) is 12.0 Å². The number of nitrogens with zero attached hydrogens (tertiary/aromatic N) is 1. The normalized spacial score (nSPS) is 22.7. The molecule has 2 N–H and O–H groups in total. The number of thioether (sulfide) groups is 1. The van der Waals surface area contributed by atoms with Crippen molar-refractivity contribution >= 4 is 35.2 Å². The van der Waals surface area contributed by atoms with Gasteiger partial charge in [0.1, 0.15) is 5.54 Å². The number of carboxylic acids is 1. The number of pyridine rings is 1. The van der Waals surface area contributed by atoms with E-state index in [0.29, 0.717) is 12.2 Å². The molecule has 0 spiro atoms. The van der Waals surface area contributed by atoms with Crippen LogP contribution in [0.3, 0.4) is 0 Å². The molecule has 1 fully saturated rings. The Bertz CT molecular complexity index is 489. The third kappa shape index (κ3) is 2.44. The van der Waals surface area contributed by atoms with Crippen molar-refractivity contribution in [3.05, 3.63) is 29.0 Å². The van der Waals surface area contributed by atoms with Crippen LogP contribution in [0.2, 0.25) is 5.02 Å². The van der Waals surface area contributed by atoms with Crippen molar-refractivity contribution in [3.63, 3.8) is 0 Å². The van der Waals surface area contributed by atoms with E-state index in [9.17, 15) is 14.7 Å². The van der Waals surface area contributed by atoms with Crippen LogP contribution in [-0.4, -0.2) is 39.0 Å². The molecular weight excluding hydrogens is 276 g/mol. The largest absolute Gasteiger partial charge is 0.479 e. The Morgan fingerprint density at radius 1 is 1.56 bits per heavy atom. The Hall–Kier alpha value is -1.27. The zero-order valence-corrected chi connectivity index (χ0v) is 10.9. The molecule has 5 nitrogen and oxygen atoms in total. The van der Waals surface area contributed by atoms with Gasteiger partial charge in [-0.15, -0.1) is 0 Å². The van der Waals surface area contributed by atoms with Gasteiger partial charge in [0.2, 0.25) is 0 Å². The Labute approximate surface area is 113 Å². The molecule has 1 aliphatic rings.